The van der Waals surface area contributed by atoms with Gasteiger partial charge in [-0.1, -0.05) is 152 Å². The molecule has 0 aliphatic carbocycles. The van der Waals surface area contributed by atoms with Crippen LogP contribution < -0.4 is 19.0 Å². The number of hydrogen-bond donors (Lipinski definition) is 1. The average Bonchev–Trinajstić information content (AvgIpc) is 3.40. The largest absolute Gasteiger partial charge is 0.391 e. The van der Waals surface area contributed by atoms with Crippen molar-refractivity contribution in [3.05, 3.63) is 305 Å². The molecule has 8 aromatic rings. The Hall–Kier alpha value is -7.43. The van der Waals surface area contributed by atoms with Gasteiger partial charge in [-0.3, -0.25) is 0 Å². The highest BCUT2D eigenvalue weighted by molar-refractivity contribution is 5.40. The number of hydrogen-bond acceptors (Lipinski definition) is 1. The zero-order valence-electron chi connectivity index (χ0n) is 41.8. The van der Waals surface area contributed by atoms with Crippen LogP contribution in [0, 0.1) is 0 Å². The number of pyridine rings is 3. The zero-order chi connectivity index (χ0) is 48.6. The molecule has 0 atom stereocenters. The van der Waals surface area contributed by atoms with Crippen molar-refractivity contribution in [3.63, 3.8) is 0 Å². The van der Waals surface area contributed by atoms with Crippen LogP contribution >= 0.6 is 0 Å². The van der Waals surface area contributed by atoms with Gasteiger partial charge in [0.15, 0.2) is 37.2 Å². The van der Waals surface area contributed by atoms with Crippen molar-refractivity contribution in [1.82, 2.24) is 5.32 Å². The minimum Gasteiger partial charge on any atom is -0.391 e. The lowest BCUT2D eigenvalue weighted by atomic mass is 9.89. The van der Waals surface area contributed by atoms with E-state index in [0.717, 1.165) is 103 Å². The molecule has 4 nitrogen and oxygen atoms in total. The number of allylic oxidation sites excluding steroid dienone is 4. The maximum absolute atomic E-state index is 4.07. The van der Waals surface area contributed by atoms with Crippen LogP contribution in [0.3, 0.4) is 0 Å². The van der Waals surface area contributed by atoms with Gasteiger partial charge in [-0.15, -0.1) is 0 Å². The molecule has 0 amide bonds. The fourth-order valence-electron chi connectivity index (χ4n) is 9.77. The van der Waals surface area contributed by atoms with E-state index in [1.807, 2.05) is 6.08 Å². The molecule has 0 aliphatic rings. The monoisotopic (exact) mass is 934 g/mol. The molecule has 4 heteroatoms. The third-order valence-corrected chi connectivity index (χ3v) is 13.4. The number of nitrogens with zero attached hydrogens (tertiary/aromatic N) is 3. The summed E-state index contributed by atoms with van der Waals surface area (Å²) in [6.07, 6.45) is 34.4. The van der Waals surface area contributed by atoms with Crippen LogP contribution in [0.1, 0.15) is 86.9 Å². The lowest BCUT2D eigenvalue weighted by Gasteiger charge is -2.17. The summed E-state index contributed by atoms with van der Waals surface area (Å²) in [5.74, 6) is 0. The summed E-state index contributed by atoms with van der Waals surface area (Å²) < 4.78 is 7.19. The molecule has 0 radical (unpaired) electrons. The Morgan fingerprint density at radius 1 is 0.408 bits per heavy atom. The molecule has 71 heavy (non-hydrogen) atoms. The fraction of sp³-hybridized carbons (Fsp3) is 0.239. The fourth-order valence-corrected chi connectivity index (χ4v) is 9.77. The lowest BCUT2D eigenvalue weighted by molar-refractivity contribution is -0.697. The lowest BCUT2D eigenvalue weighted by Crippen LogP contribution is -2.34. The molecule has 0 fully saturated rings. The van der Waals surface area contributed by atoms with Gasteiger partial charge in [-0.25, -0.2) is 13.7 Å². The number of rotatable bonds is 27. The summed E-state index contributed by atoms with van der Waals surface area (Å²) in [5, 5.41) is 3.60. The molecule has 0 spiro atoms. The first-order chi connectivity index (χ1) is 35.1. The van der Waals surface area contributed by atoms with Crippen LogP contribution in [0.2, 0.25) is 0 Å². The molecule has 0 unspecified atom stereocenters. The van der Waals surface area contributed by atoms with Crippen LogP contribution in [0.5, 0.6) is 0 Å². The Morgan fingerprint density at radius 3 is 1.14 bits per heavy atom. The number of benzene rings is 5. The Morgan fingerprint density at radius 2 is 0.761 bits per heavy atom. The van der Waals surface area contributed by atoms with E-state index in [-0.39, 0.29) is 0 Å². The van der Waals surface area contributed by atoms with Crippen LogP contribution in [0.25, 0.3) is 0 Å². The normalized spacial score (nSPS) is 11.5. The van der Waals surface area contributed by atoms with E-state index in [1.165, 1.54) is 66.8 Å². The van der Waals surface area contributed by atoms with Gasteiger partial charge in [0.25, 0.3) is 0 Å². The second-order valence-electron chi connectivity index (χ2n) is 19.1. The van der Waals surface area contributed by atoms with Crippen molar-refractivity contribution in [1.29, 1.82) is 0 Å². The maximum atomic E-state index is 4.07. The Balaban J connectivity index is 0.985. The summed E-state index contributed by atoms with van der Waals surface area (Å²) in [6.45, 7) is 7.97. The van der Waals surface area contributed by atoms with Gasteiger partial charge in [0.05, 0.1) is 0 Å². The molecule has 1 N–H and O–H groups in total. The second kappa shape index (κ2) is 27.7. The average molecular weight is 934 g/mol. The quantitative estimate of drug-likeness (QED) is 0.0310. The van der Waals surface area contributed by atoms with E-state index in [2.05, 4.69) is 251 Å². The van der Waals surface area contributed by atoms with E-state index in [9.17, 15) is 0 Å². The van der Waals surface area contributed by atoms with Crippen molar-refractivity contribution in [2.24, 2.45) is 0 Å². The van der Waals surface area contributed by atoms with Crippen molar-refractivity contribution < 1.29 is 13.7 Å². The van der Waals surface area contributed by atoms with Crippen LogP contribution in [0.15, 0.2) is 244 Å². The SMILES string of the molecule is C=C/C(=C\C=C/NCCCc1cc(CCC[n+]2cccc(Cc3ccccc3)c2)c(CCC[n+]2cccc(Cc3ccccc3)c2)cc1CCC[n+]1cccc(Cc2ccccc2)c1)Cc1ccccc1. The van der Waals surface area contributed by atoms with Gasteiger partial charge in [-0.2, -0.15) is 0 Å². The first-order valence-electron chi connectivity index (χ1n) is 26.1. The highest BCUT2D eigenvalue weighted by Gasteiger charge is 2.15. The third-order valence-electron chi connectivity index (χ3n) is 13.4. The van der Waals surface area contributed by atoms with E-state index in [1.54, 1.807) is 0 Å². The van der Waals surface area contributed by atoms with Gasteiger partial charge in [-0.05, 0) is 119 Å². The molecule has 3 aromatic heterocycles. The summed E-state index contributed by atoms with van der Waals surface area (Å²) in [5.41, 5.74) is 16.7. The summed E-state index contributed by atoms with van der Waals surface area (Å²) in [4.78, 5) is 0. The van der Waals surface area contributed by atoms with E-state index in [0.29, 0.717) is 0 Å². The van der Waals surface area contributed by atoms with Crippen LogP contribution in [-0.4, -0.2) is 6.54 Å². The minimum atomic E-state index is 0.882. The van der Waals surface area contributed by atoms with E-state index in [4.69, 9.17) is 0 Å². The van der Waals surface area contributed by atoms with E-state index < -0.39 is 0 Å². The van der Waals surface area contributed by atoms with Crippen molar-refractivity contribution in [3.8, 4) is 0 Å². The van der Waals surface area contributed by atoms with E-state index >= 15 is 0 Å². The first kappa shape index (κ1) is 50.0. The van der Waals surface area contributed by atoms with Gasteiger partial charge in [0.1, 0.15) is 19.6 Å². The predicted octanol–water partition coefficient (Wildman–Crippen LogP) is 12.6. The van der Waals surface area contributed by atoms with Crippen molar-refractivity contribution in [2.75, 3.05) is 6.54 Å². The Bertz CT molecular complexity index is 2900. The highest BCUT2D eigenvalue weighted by Crippen LogP contribution is 2.24. The standard InChI is InChI=1S/C67H73N4/c1-2-56(47-57-23-7-3-8-24-57)31-15-39-68-40-16-35-64-51-66(37-21-45-70-42-18-33-62(54-70)49-59-27-11-5-12-28-59)67(38-22-46-71-43-19-34-63(55-71)50-60-29-13-6-14-30-60)52-65(64)36-20-44-69-41-17-32-61(53-69)48-58-25-9-4-10-26-58/h2-15,17-19,23-34,39,41-43,51-55,68H,1,16,20-22,35-38,40,44-50H2/q+3/b39-15-,56-31+. The predicted molar refractivity (Wildman–Crippen MR) is 293 cm³/mol. The zero-order valence-corrected chi connectivity index (χ0v) is 41.8. The maximum Gasteiger partial charge on any atom is 0.172 e. The molecule has 0 saturated carbocycles. The van der Waals surface area contributed by atoms with Crippen LogP contribution in [0.4, 0.5) is 0 Å². The number of aromatic nitrogens is 3. The smallest absolute Gasteiger partial charge is 0.172 e. The summed E-state index contributed by atoms with van der Waals surface area (Å²) in [7, 11) is 0. The Labute approximate surface area is 425 Å². The molecule has 3 heterocycles. The molecule has 5 aromatic carbocycles. The minimum absolute atomic E-state index is 0.882. The third kappa shape index (κ3) is 16.9. The van der Waals surface area contributed by atoms with Gasteiger partial charge < -0.3 is 5.32 Å². The summed E-state index contributed by atoms with van der Waals surface area (Å²) in [6, 6.07) is 61.7. The molecule has 8 rings (SSSR count). The molecule has 358 valence electrons. The second-order valence-corrected chi connectivity index (χ2v) is 19.1. The van der Waals surface area contributed by atoms with Gasteiger partial charge in [0, 0.05) is 80.0 Å². The van der Waals surface area contributed by atoms with Crippen molar-refractivity contribution in [2.45, 2.75) is 96.7 Å². The topological polar surface area (TPSA) is 23.7 Å². The molecular weight excluding hydrogens is 861 g/mol. The Kier molecular flexibility index (Phi) is 19.5. The number of nitrogens with one attached hydrogen (secondary N) is 1. The van der Waals surface area contributed by atoms with Gasteiger partial charge in [0.2, 0.25) is 0 Å². The first-order valence-corrected chi connectivity index (χ1v) is 26.1. The van der Waals surface area contributed by atoms with Crippen molar-refractivity contribution >= 4 is 0 Å². The van der Waals surface area contributed by atoms with Gasteiger partial charge >= 0.3 is 0 Å². The molecular formula is C67H73N4+3. The molecule has 0 bridgehead atoms. The molecule has 0 saturated heterocycles. The number of aryl methyl sites for hydroxylation is 7. The molecule has 0 aliphatic heterocycles. The summed E-state index contributed by atoms with van der Waals surface area (Å²) >= 11 is 0. The highest BCUT2D eigenvalue weighted by atomic mass is 14.9. The van der Waals surface area contributed by atoms with Crippen LogP contribution in [-0.2, 0) is 71.0 Å².